The van der Waals surface area contributed by atoms with Crippen molar-refractivity contribution in [1.82, 2.24) is 15.2 Å². The third-order valence-corrected chi connectivity index (χ3v) is 6.35. The van der Waals surface area contributed by atoms with E-state index in [1.807, 2.05) is 0 Å². The summed E-state index contributed by atoms with van der Waals surface area (Å²) in [5, 5.41) is 14.6. The standard InChI is InChI=1S/C27H25F3N4O4/c1-16-13-18(6-10-21(16)25(36)37)19-7-11-23(31-15-19)33-24(35)22-3-2-12-34(22)26(38)32-14-17-4-8-20(9-5-17)27(28,29)30/h4-11,13,15,22H,2-3,12,14H2,1H3,(H,32,38)(H,36,37)(H,31,33,35)/t22-/m1/s1. The summed E-state index contributed by atoms with van der Waals surface area (Å²) in [5.41, 5.74) is 2.10. The molecule has 38 heavy (non-hydrogen) atoms. The number of hydrogen-bond donors (Lipinski definition) is 3. The zero-order chi connectivity index (χ0) is 27.4. The fourth-order valence-electron chi connectivity index (χ4n) is 4.30. The van der Waals surface area contributed by atoms with Crippen molar-refractivity contribution in [2.24, 2.45) is 0 Å². The number of likely N-dealkylation sites (tertiary alicyclic amines) is 1. The average molecular weight is 527 g/mol. The molecule has 0 bridgehead atoms. The van der Waals surface area contributed by atoms with Crippen molar-refractivity contribution >= 4 is 23.7 Å². The quantitative estimate of drug-likeness (QED) is 0.415. The summed E-state index contributed by atoms with van der Waals surface area (Å²) in [6.07, 6.45) is -1.77. The van der Waals surface area contributed by atoms with Gasteiger partial charge in [0.25, 0.3) is 0 Å². The second-order valence-corrected chi connectivity index (χ2v) is 8.96. The Morgan fingerprint density at radius 3 is 2.37 bits per heavy atom. The van der Waals surface area contributed by atoms with Gasteiger partial charge in [-0.3, -0.25) is 4.79 Å². The maximum Gasteiger partial charge on any atom is 0.416 e. The highest BCUT2D eigenvalue weighted by Gasteiger charge is 2.34. The van der Waals surface area contributed by atoms with E-state index in [0.717, 1.165) is 23.3 Å². The number of alkyl halides is 3. The number of aromatic carboxylic acids is 1. The van der Waals surface area contributed by atoms with Crippen LogP contribution in [0.1, 0.15) is 39.9 Å². The van der Waals surface area contributed by atoms with E-state index in [9.17, 15) is 32.7 Å². The van der Waals surface area contributed by atoms with Gasteiger partial charge in [0, 0.05) is 24.8 Å². The van der Waals surface area contributed by atoms with Crippen molar-refractivity contribution in [1.29, 1.82) is 0 Å². The number of rotatable bonds is 6. The molecule has 2 heterocycles. The van der Waals surface area contributed by atoms with E-state index in [-0.39, 0.29) is 12.1 Å². The highest BCUT2D eigenvalue weighted by Crippen LogP contribution is 2.29. The Morgan fingerprint density at radius 2 is 1.76 bits per heavy atom. The van der Waals surface area contributed by atoms with Gasteiger partial charge in [-0.15, -0.1) is 0 Å². The van der Waals surface area contributed by atoms with Crippen molar-refractivity contribution in [3.05, 3.63) is 83.0 Å². The molecule has 0 spiro atoms. The van der Waals surface area contributed by atoms with Crippen LogP contribution < -0.4 is 10.6 Å². The van der Waals surface area contributed by atoms with E-state index >= 15 is 0 Å². The van der Waals surface area contributed by atoms with Crippen molar-refractivity contribution in [2.75, 3.05) is 11.9 Å². The highest BCUT2D eigenvalue weighted by atomic mass is 19.4. The van der Waals surface area contributed by atoms with Crippen LogP contribution in [0.2, 0.25) is 0 Å². The number of benzene rings is 2. The minimum atomic E-state index is -4.43. The van der Waals surface area contributed by atoms with Gasteiger partial charge in [-0.25, -0.2) is 14.6 Å². The first-order valence-corrected chi connectivity index (χ1v) is 11.8. The van der Waals surface area contributed by atoms with Crippen molar-refractivity contribution in [3.63, 3.8) is 0 Å². The molecule has 1 aromatic heterocycles. The smallest absolute Gasteiger partial charge is 0.416 e. The molecule has 1 atom stereocenters. The third kappa shape index (κ3) is 6.10. The number of nitrogens with zero attached hydrogens (tertiary/aromatic N) is 2. The van der Waals surface area contributed by atoms with E-state index in [1.165, 1.54) is 23.1 Å². The molecule has 0 saturated carbocycles. The van der Waals surface area contributed by atoms with Crippen LogP contribution in [0.4, 0.5) is 23.8 Å². The van der Waals surface area contributed by atoms with E-state index < -0.39 is 35.7 Å². The van der Waals surface area contributed by atoms with Crippen molar-refractivity contribution < 1.29 is 32.7 Å². The summed E-state index contributed by atoms with van der Waals surface area (Å²) < 4.78 is 38.2. The highest BCUT2D eigenvalue weighted by molar-refractivity contribution is 5.97. The van der Waals surface area contributed by atoms with Crippen molar-refractivity contribution in [3.8, 4) is 11.1 Å². The lowest BCUT2D eigenvalue weighted by Crippen LogP contribution is -2.47. The summed E-state index contributed by atoms with van der Waals surface area (Å²) in [5.74, 6) is -1.09. The molecule has 1 aliphatic heterocycles. The first-order chi connectivity index (χ1) is 18.0. The molecule has 198 valence electrons. The molecule has 1 saturated heterocycles. The SMILES string of the molecule is Cc1cc(-c2ccc(NC(=O)[C@H]3CCCN3C(=O)NCc3ccc(C(F)(F)F)cc3)nc2)ccc1C(=O)O. The Balaban J connectivity index is 1.35. The third-order valence-electron chi connectivity index (χ3n) is 6.35. The van der Waals surface area contributed by atoms with Gasteiger partial charge in [-0.1, -0.05) is 24.3 Å². The number of anilines is 1. The molecule has 0 radical (unpaired) electrons. The first-order valence-electron chi connectivity index (χ1n) is 11.8. The molecular weight excluding hydrogens is 501 g/mol. The monoisotopic (exact) mass is 526 g/mol. The zero-order valence-corrected chi connectivity index (χ0v) is 20.4. The Morgan fingerprint density at radius 1 is 1.05 bits per heavy atom. The predicted octanol–water partition coefficient (Wildman–Crippen LogP) is 5.09. The molecule has 8 nitrogen and oxygen atoms in total. The first kappa shape index (κ1) is 26.6. The minimum absolute atomic E-state index is 0.0255. The number of amides is 3. The Hall–Kier alpha value is -4.41. The Bertz CT molecular complexity index is 1340. The maximum atomic E-state index is 12.9. The van der Waals surface area contributed by atoms with Gasteiger partial charge in [0.15, 0.2) is 0 Å². The van der Waals surface area contributed by atoms with Crippen LogP contribution in [-0.2, 0) is 17.5 Å². The molecule has 3 aromatic rings. The van der Waals surface area contributed by atoms with Gasteiger partial charge in [-0.2, -0.15) is 13.2 Å². The fraction of sp³-hybridized carbons (Fsp3) is 0.259. The summed E-state index contributed by atoms with van der Waals surface area (Å²) in [4.78, 5) is 42.5. The summed E-state index contributed by atoms with van der Waals surface area (Å²) >= 11 is 0. The molecule has 1 aliphatic rings. The lowest BCUT2D eigenvalue weighted by molar-refractivity contribution is -0.137. The number of halogens is 3. The van der Waals surface area contributed by atoms with Crippen LogP contribution >= 0.6 is 0 Å². The van der Waals surface area contributed by atoms with E-state index in [0.29, 0.717) is 36.3 Å². The average Bonchev–Trinajstić information content (AvgIpc) is 3.38. The molecule has 0 aliphatic carbocycles. The number of carboxylic acid groups (broad SMARTS) is 1. The lowest BCUT2D eigenvalue weighted by Gasteiger charge is -2.24. The van der Waals surface area contributed by atoms with Crippen molar-refractivity contribution in [2.45, 2.75) is 38.5 Å². The second-order valence-electron chi connectivity index (χ2n) is 8.96. The summed E-state index contributed by atoms with van der Waals surface area (Å²) in [6.45, 7) is 2.11. The number of carboxylic acids is 1. The van der Waals surface area contributed by atoms with Crippen LogP contribution in [-0.4, -0.2) is 45.5 Å². The normalized spacial score (nSPS) is 15.3. The number of carbonyl (C=O) groups excluding carboxylic acids is 2. The van der Waals surface area contributed by atoms with Gasteiger partial charge in [0.2, 0.25) is 5.91 Å². The van der Waals surface area contributed by atoms with Gasteiger partial charge in [-0.05, 0) is 66.8 Å². The number of nitrogens with one attached hydrogen (secondary N) is 2. The largest absolute Gasteiger partial charge is 0.478 e. The lowest BCUT2D eigenvalue weighted by atomic mass is 10.0. The summed E-state index contributed by atoms with van der Waals surface area (Å²) in [6, 6.07) is 11.7. The van der Waals surface area contributed by atoms with Gasteiger partial charge in [0.05, 0.1) is 11.1 Å². The predicted molar refractivity (Wildman–Crippen MR) is 133 cm³/mol. The van der Waals surface area contributed by atoms with Crippen LogP contribution in [0.25, 0.3) is 11.1 Å². The Labute approximate surface area is 216 Å². The van der Waals surface area contributed by atoms with E-state index in [2.05, 4.69) is 15.6 Å². The molecule has 3 N–H and O–H groups in total. The number of urea groups is 1. The van der Waals surface area contributed by atoms with Gasteiger partial charge >= 0.3 is 18.2 Å². The van der Waals surface area contributed by atoms with Crippen LogP contribution in [0.5, 0.6) is 0 Å². The molecule has 3 amide bonds. The van der Waals surface area contributed by atoms with Crippen LogP contribution in [0.15, 0.2) is 60.8 Å². The second kappa shape index (κ2) is 10.9. The maximum absolute atomic E-state index is 12.9. The number of hydrogen-bond acceptors (Lipinski definition) is 4. The minimum Gasteiger partial charge on any atom is -0.478 e. The summed E-state index contributed by atoms with van der Waals surface area (Å²) in [7, 11) is 0. The molecule has 11 heteroatoms. The zero-order valence-electron chi connectivity index (χ0n) is 20.4. The number of pyridine rings is 1. The molecule has 4 rings (SSSR count). The van der Waals surface area contributed by atoms with Gasteiger partial charge in [0.1, 0.15) is 11.9 Å². The number of aromatic nitrogens is 1. The van der Waals surface area contributed by atoms with Crippen LogP contribution in [0.3, 0.4) is 0 Å². The topological polar surface area (TPSA) is 112 Å². The molecule has 2 aromatic carbocycles. The molecule has 0 unspecified atom stereocenters. The van der Waals surface area contributed by atoms with E-state index in [4.69, 9.17) is 0 Å². The Kier molecular flexibility index (Phi) is 7.65. The van der Waals surface area contributed by atoms with Gasteiger partial charge < -0.3 is 20.6 Å². The molecule has 1 fully saturated rings. The van der Waals surface area contributed by atoms with Crippen LogP contribution in [0, 0.1) is 6.92 Å². The van der Waals surface area contributed by atoms with E-state index in [1.54, 1.807) is 37.4 Å². The number of aryl methyl sites for hydroxylation is 1. The fourth-order valence-corrected chi connectivity index (χ4v) is 4.30. The number of carbonyl (C=O) groups is 3. The molecular formula is C27H25F3N4O4.